The Labute approximate surface area is 168 Å². The second kappa shape index (κ2) is 9.37. The monoisotopic (exact) mass is 412 g/mol. The van der Waals surface area contributed by atoms with Crippen molar-refractivity contribution >= 4 is 51.5 Å². The Balaban J connectivity index is 0.00000243. The van der Waals surface area contributed by atoms with Gasteiger partial charge in [-0.1, -0.05) is 29.8 Å². The minimum absolute atomic E-state index is 0. The second-order valence-corrected chi connectivity index (χ2v) is 7.31. The number of hydrogen-bond donors (Lipinski definition) is 2. The molecule has 0 atom stereocenters. The summed E-state index contributed by atoms with van der Waals surface area (Å²) in [5.74, 6) is -0.0269. The predicted octanol–water partition coefficient (Wildman–Crippen LogP) is 3.87. The van der Waals surface area contributed by atoms with Crippen LogP contribution in [0.2, 0.25) is 5.02 Å². The van der Waals surface area contributed by atoms with Crippen LogP contribution in [-0.2, 0) is 6.54 Å². The van der Waals surface area contributed by atoms with Gasteiger partial charge in [-0.25, -0.2) is 0 Å². The van der Waals surface area contributed by atoms with Crippen LogP contribution in [-0.4, -0.2) is 35.8 Å². The summed E-state index contributed by atoms with van der Waals surface area (Å²) in [7, 11) is 1.90. The lowest BCUT2D eigenvalue weighted by Crippen LogP contribution is -2.25. The molecule has 0 unspecified atom stereocenters. The lowest BCUT2D eigenvalue weighted by molar-refractivity contribution is 0.0957. The standard InChI is InChI=1S/C18H21ClN4OS.ClH/c1-12-14-10-16(17(24)21-9-5-8-20-2)25-18(14)23(22-12)11-13-6-3-4-7-15(13)19;/h3-4,6-7,10,20H,5,8-9,11H2,1-2H3,(H,21,24);1H. The molecule has 1 aromatic carbocycles. The van der Waals surface area contributed by atoms with Gasteiger partial charge in [0.2, 0.25) is 0 Å². The van der Waals surface area contributed by atoms with E-state index in [1.54, 1.807) is 0 Å². The van der Waals surface area contributed by atoms with Crippen LogP contribution >= 0.6 is 35.3 Å². The van der Waals surface area contributed by atoms with Crippen LogP contribution in [0.1, 0.15) is 27.3 Å². The number of hydrogen-bond acceptors (Lipinski definition) is 4. The molecule has 26 heavy (non-hydrogen) atoms. The molecule has 0 aliphatic rings. The van der Waals surface area contributed by atoms with Gasteiger partial charge in [0.05, 0.1) is 17.1 Å². The number of carbonyl (C=O) groups is 1. The summed E-state index contributed by atoms with van der Waals surface area (Å²) in [5, 5.41) is 12.4. The van der Waals surface area contributed by atoms with Gasteiger partial charge in [0.15, 0.2) is 0 Å². The Kier molecular flexibility index (Phi) is 7.46. The fourth-order valence-corrected chi connectivity index (χ4v) is 3.95. The molecule has 0 aliphatic carbocycles. The van der Waals surface area contributed by atoms with E-state index in [0.29, 0.717) is 18.0 Å². The highest BCUT2D eigenvalue weighted by Gasteiger charge is 2.16. The van der Waals surface area contributed by atoms with E-state index in [-0.39, 0.29) is 18.3 Å². The number of nitrogens with one attached hydrogen (secondary N) is 2. The lowest BCUT2D eigenvalue weighted by Gasteiger charge is -2.05. The molecular weight excluding hydrogens is 391 g/mol. The molecule has 0 saturated heterocycles. The van der Waals surface area contributed by atoms with Crippen LogP contribution in [0.4, 0.5) is 0 Å². The third kappa shape index (κ3) is 4.57. The first kappa shape index (κ1) is 20.7. The van der Waals surface area contributed by atoms with Gasteiger partial charge in [-0.3, -0.25) is 9.48 Å². The average molecular weight is 413 g/mol. The van der Waals surface area contributed by atoms with Crippen LogP contribution in [0, 0.1) is 6.92 Å². The van der Waals surface area contributed by atoms with Crippen molar-refractivity contribution in [3.05, 3.63) is 51.5 Å². The Morgan fingerprint density at radius 3 is 2.81 bits per heavy atom. The molecule has 0 bridgehead atoms. The van der Waals surface area contributed by atoms with E-state index in [0.717, 1.165) is 39.5 Å². The van der Waals surface area contributed by atoms with E-state index >= 15 is 0 Å². The quantitative estimate of drug-likeness (QED) is 0.579. The first-order valence-electron chi connectivity index (χ1n) is 8.23. The number of carbonyl (C=O) groups excluding carboxylic acids is 1. The van der Waals surface area contributed by atoms with Gasteiger partial charge in [0.1, 0.15) is 4.83 Å². The number of amides is 1. The van der Waals surface area contributed by atoms with Gasteiger partial charge < -0.3 is 10.6 Å². The predicted molar refractivity (Wildman–Crippen MR) is 111 cm³/mol. The van der Waals surface area contributed by atoms with E-state index in [2.05, 4.69) is 15.7 Å². The van der Waals surface area contributed by atoms with Crippen molar-refractivity contribution in [1.82, 2.24) is 20.4 Å². The van der Waals surface area contributed by atoms with Crippen molar-refractivity contribution in [2.45, 2.75) is 19.9 Å². The molecule has 8 heteroatoms. The Morgan fingerprint density at radius 1 is 1.31 bits per heavy atom. The minimum atomic E-state index is -0.0269. The summed E-state index contributed by atoms with van der Waals surface area (Å²) in [6.07, 6.45) is 0.909. The van der Waals surface area contributed by atoms with Crippen LogP contribution < -0.4 is 10.6 Å². The first-order valence-corrected chi connectivity index (χ1v) is 9.42. The number of halogens is 2. The van der Waals surface area contributed by atoms with Crippen molar-refractivity contribution in [2.24, 2.45) is 0 Å². The maximum atomic E-state index is 12.3. The number of rotatable bonds is 7. The summed E-state index contributed by atoms with van der Waals surface area (Å²) >= 11 is 7.74. The molecule has 0 radical (unpaired) electrons. The topological polar surface area (TPSA) is 58.9 Å². The van der Waals surface area contributed by atoms with E-state index < -0.39 is 0 Å². The molecule has 140 valence electrons. The number of aryl methyl sites for hydroxylation is 1. The highest BCUT2D eigenvalue weighted by atomic mass is 35.5. The maximum Gasteiger partial charge on any atom is 0.261 e. The summed E-state index contributed by atoms with van der Waals surface area (Å²) in [6, 6.07) is 9.68. The maximum absolute atomic E-state index is 12.3. The third-order valence-corrected chi connectivity index (χ3v) is 5.51. The van der Waals surface area contributed by atoms with Crippen molar-refractivity contribution in [3.63, 3.8) is 0 Å². The van der Waals surface area contributed by atoms with E-state index in [1.807, 2.05) is 49.0 Å². The Hall–Kier alpha value is -1.60. The zero-order valence-corrected chi connectivity index (χ0v) is 17.1. The van der Waals surface area contributed by atoms with Gasteiger partial charge in [0, 0.05) is 17.0 Å². The molecule has 5 nitrogen and oxygen atoms in total. The summed E-state index contributed by atoms with van der Waals surface area (Å²) in [4.78, 5) is 14.1. The Bertz CT molecular complexity index is 891. The molecule has 0 spiro atoms. The lowest BCUT2D eigenvalue weighted by atomic mass is 10.2. The molecule has 3 rings (SSSR count). The molecular formula is C18H22Cl2N4OS. The van der Waals surface area contributed by atoms with Crippen molar-refractivity contribution in [2.75, 3.05) is 20.1 Å². The molecule has 0 fully saturated rings. The van der Waals surface area contributed by atoms with Crippen molar-refractivity contribution in [3.8, 4) is 0 Å². The van der Waals surface area contributed by atoms with Crippen molar-refractivity contribution < 1.29 is 4.79 Å². The van der Waals surface area contributed by atoms with Crippen LogP contribution in [0.25, 0.3) is 10.2 Å². The van der Waals surface area contributed by atoms with Crippen LogP contribution in [0.3, 0.4) is 0 Å². The molecule has 1 amide bonds. The summed E-state index contributed by atoms with van der Waals surface area (Å²) in [5.41, 5.74) is 1.94. The normalized spacial score (nSPS) is 10.7. The van der Waals surface area contributed by atoms with E-state index in [1.165, 1.54) is 11.3 Å². The summed E-state index contributed by atoms with van der Waals surface area (Å²) < 4.78 is 1.92. The number of benzene rings is 1. The third-order valence-electron chi connectivity index (χ3n) is 4.00. The smallest absolute Gasteiger partial charge is 0.261 e. The van der Waals surface area contributed by atoms with E-state index in [4.69, 9.17) is 11.6 Å². The largest absolute Gasteiger partial charge is 0.351 e. The molecule has 2 aromatic heterocycles. The first-order chi connectivity index (χ1) is 12.1. The second-order valence-electron chi connectivity index (χ2n) is 5.88. The fraction of sp³-hybridized carbons (Fsp3) is 0.333. The zero-order valence-electron chi connectivity index (χ0n) is 14.7. The molecule has 3 aromatic rings. The highest BCUT2D eigenvalue weighted by molar-refractivity contribution is 7.20. The molecule has 2 N–H and O–H groups in total. The van der Waals surface area contributed by atoms with Gasteiger partial charge >= 0.3 is 0 Å². The Morgan fingerprint density at radius 2 is 2.08 bits per heavy atom. The number of fused-ring (bicyclic) bond motifs is 1. The molecule has 0 saturated carbocycles. The minimum Gasteiger partial charge on any atom is -0.351 e. The van der Waals surface area contributed by atoms with Gasteiger partial charge in [0.25, 0.3) is 5.91 Å². The SMILES string of the molecule is CNCCCNC(=O)c1cc2c(C)nn(Cc3ccccc3Cl)c2s1.Cl. The highest BCUT2D eigenvalue weighted by Crippen LogP contribution is 2.29. The fourth-order valence-electron chi connectivity index (χ4n) is 2.67. The molecule has 0 aliphatic heterocycles. The van der Waals surface area contributed by atoms with Crippen LogP contribution in [0.5, 0.6) is 0 Å². The van der Waals surface area contributed by atoms with Gasteiger partial charge in [-0.05, 0) is 44.6 Å². The summed E-state index contributed by atoms with van der Waals surface area (Å²) in [6.45, 7) is 4.11. The average Bonchev–Trinajstić information content (AvgIpc) is 3.15. The number of thiophene rings is 1. The zero-order chi connectivity index (χ0) is 17.8. The molecule has 2 heterocycles. The van der Waals surface area contributed by atoms with Crippen molar-refractivity contribution in [1.29, 1.82) is 0 Å². The van der Waals surface area contributed by atoms with E-state index in [9.17, 15) is 4.79 Å². The van der Waals surface area contributed by atoms with Crippen LogP contribution in [0.15, 0.2) is 30.3 Å². The van der Waals surface area contributed by atoms with Gasteiger partial charge in [-0.15, -0.1) is 23.7 Å². The van der Waals surface area contributed by atoms with Gasteiger partial charge in [-0.2, -0.15) is 5.10 Å². The number of nitrogens with zero attached hydrogens (tertiary/aromatic N) is 2. The number of aromatic nitrogens is 2.